The van der Waals surface area contributed by atoms with Gasteiger partial charge in [0.25, 0.3) is 0 Å². The number of imidazole rings is 1. The molecule has 0 bridgehead atoms. The Kier molecular flexibility index (Phi) is 5.50. The van der Waals surface area contributed by atoms with Gasteiger partial charge in [0.1, 0.15) is 28.5 Å². The quantitative estimate of drug-likeness (QED) is 0.352. The zero-order valence-corrected chi connectivity index (χ0v) is 18.3. The summed E-state index contributed by atoms with van der Waals surface area (Å²) in [6, 6.07) is 15.9. The van der Waals surface area contributed by atoms with Gasteiger partial charge >= 0.3 is 5.88 Å². The van der Waals surface area contributed by atoms with E-state index in [2.05, 4.69) is 36.6 Å². The molecule has 0 saturated carbocycles. The maximum atomic E-state index is 5.21. The first-order valence-corrected chi connectivity index (χ1v) is 10.5. The number of para-hydroxylation sites is 1. The first-order valence-electron chi connectivity index (χ1n) is 10.5. The Balaban J connectivity index is 1.55. The summed E-state index contributed by atoms with van der Waals surface area (Å²) in [5, 5.41) is 6.82. The van der Waals surface area contributed by atoms with Crippen LogP contribution in [0.1, 0.15) is 11.4 Å². The second kappa shape index (κ2) is 8.91. The van der Waals surface area contributed by atoms with E-state index in [0.717, 1.165) is 33.7 Å². The Morgan fingerprint density at radius 3 is 2.70 bits per heavy atom. The molecule has 9 heteroatoms. The van der Waals surface area contributed by atoms with Gasteiger partial charge in [-0.3, -0.25) is 0 Å². The third kappa shape index (κ3) is 4.42. The average molecular weight is 440 g/mol. The van der Waals surface area contributed by atoms with Crippen LogP contribution in [-0.2, 0) is 6.54 Å². The molecule has 0 spiro atoms. The molecule has 0 aliphatic carbocycles. The van der Waals surface area contributed by atoms with Gasteiger partial charge in [0.15, 0.2) is 11.8 Å². The predicted molar refractivity (Wildman–Crippen MR) is 126 cm³/mol. The van der Waals surface area contributed by atoms with Gasteiger partial charge in [-0.2, -0.15) is 4.98 Å². The van der Waals surface area contributed by atoms with Gasteiger partial charge in [-0.1, -0.05) is 18.2 Å². The SMILES string of the molecule is COc1ccc(Nc2ncc(CNc3ccccc3)cc2-c2nc(C)nc3nc[nH]c23)c[nH+]1. The van der Waals surface area contributed by atoms with Crippen LogP contribution in [0.25, 0.3) is 22.4 Å². The van der Waals surface area contributed by atoms with E-state index < -0.39 is 0 Å². The molecule has 0 aliphatic rings. The van der Waals surface area contributed by atoms with Crippen molar-refractivity contribution in [2.45, 2.75) is 13.5 Å². The van der Waals surface area contributed by atoms with E-state index in [1.165, 1.54) is 0 Å². The normalized spacial score (nSPS) is 10.8. The topological polar surface area (TPSA) is 115 Å². The first-order chi connectivity index (χ1) is 16.2. The number of aromatic nitrogens is 6. The molecule has 164 valence electrons. The number of benzene rings is 1. The van der Waals surface area contributed by atoms with Crippen molar-refractivity contribution in [1.29, 1.82) is 0 Å². The number of fused-ring (bicyclic) bond motifs is 1. The van der Waals surface area contributed by atoms with Crippen molar-refractivity contribution in [3.63, 3.8) is 0 Å². The van der Waals surface area contributed by atoms with Crippen LogP contribution in [0.2, 0.25) is 0 Å². The van der Waals surface area contributed by atoms with Gasteiger partial charge in [-0.05, 0) is 36.8 Å². The van der Waals surface area contributed by atoms with Crippen molar-refractivity contribution in [2.24, 2.45) is 0 Å². The molecule has 0 unspecified atom stereocenters. The fourth-order valence-electron chi connectivity index (χ4n) is 3.53. The largest absolute Gasteiger partial charge is 0.448 e. The maximum absolute atomic E-state index is 5.21. The summed E-state index contributed by atoms with van der Waals surface area (Å²) >= 11 is 0. The number of rotatable bonds is 7. The van der Waals surface area contributed by atoms with E-state index >= 15 is 0 Å². The first kappa shape index (κ1) is 20.4. The Morgan fingerprint density at radius 2 is 1.91 bits per heavy atom. The van der Waals surface area contributed by atoms with Crippen LogP contribution in [0.15, 0.2) is 67.3 Å². The Labute approximate surface area is 190 Å². The number of anilines is 3. The summed E-state index contributed by atoms with van der Waals surface area (Å²) in [4.78, 5) is 24.5. The lowest BCUT2D eigenvalue weighted by Gasteiger charge is -2.13. The van der Waals surface area contributed by atoms with Crippen LogP contribution in [0.5, 0.6) is 5.88 Å². The molecule has 0 saturated heterocycles. The van der Waals surface area contributed by atoms with E-state index in [0.29, 0.717) is 29.7 Å². The molecule has 33 heavy (non-hydrogen) atoms. The molecular weight excluding hydrogens is 416 g/mol. The number of pyridine rings is 2. The molecule has 4 heterocycles. The third-order valence-electron chi connectivity index (χ3n) is 5.13. The standard InChI is InChI=1S/C24H22N8O/c1-15-30-21(22-24(31-15)29-14-28-22)19-10-16(11-25-17-6-4-3-5-7-17)12-27-23(19)32-18-8-9-20(33-2)26-13-18/h3-10,12-14,25H,11H2,1-2H3,(H,27,32)(H,28,29,30,31)/p+1. The summed E-state index contributed by atoms with van der Waals surface area (Å²) in [5.41, 5.74) is 5.87. The molecule has 0 fully saturated rings. The monoisotopic (exact) mass is 439 g/mol. The summed E-state index contributed by atoms with van der Waals surface area (Å²) in [6.45, 7) is 2.48. The third-order valence-corrected chi connectivity index (χ3v) is 5.13. The van der Waals surface area contributed by atoms with Gasteiger partial charge in [-0.25, -0.2) is 19.9 Å². The number of ether oxygens (including phenoxy) is 1. The van der Waals surface area contributed by atoms with Crippen molar-refractivity contribution >= 4 is 28.4 Å². The highest BCUT2D eigenvalue weighted by Gasteiger charge is 2.17. The average Bonchev–Trinajstić information content (AvgIpc) is 3.32. The summed E-state index contributed by atoms with van der Waals surface area (Å²) in [5.74, 6) is 1.98. The molecule has 9 nitrogen and oxygen atoms in total. The molecule has 0 atom stereocenters. The van der Waals surface area contributed by atoms with E-state index in [1.807, 2.05) is 61.8 Å². The number of hydrogen-bond acceptors (Lipinski definition) is 7. The van der Waals surface area contributed by atoms with Crippen molar-refractivity contribution in [1.82, 2.24) is 24.9 Å². The van der Waals surface area contributed by atoms with Crippen molar-refractivity contribution in [2.75, 3.05) is 17.7 Å². The lowest BCUT2D eigenvalue weighted by atomic mass is 10.1. The fourth-order valence-corrected chi connectivity index (χ4v) is 3.53. The number of methoxy groups -OCH3 is 1. The Bertz CT molecular complexity index is 1380. The molecule has 4 aromatic heterocycles. The molecule has 0 amide bonds. The van der Waals surface area contributed by atoms with Gasteiger partial charge < -0.3 is 20.4 Å². The van der Waals surface area contributed by atoms with E-state index in [-0.39, 0.29) is 0 Å². The minimum Gasteiger partial charge on any atom is -0.448 e. The molecule has 5 aromatic rings. The van der Waals surface area contributed by atoms with Crippen molar-refractivity contribution in [3.8, 4) is 17.1 Å². The molecule has 0 radical (unpaired) electrons. The van der Waals surface area contributed by atoms with Crippen LogP contribution in [0, 0.1) is 6.92 Å². The molecular formula is C24H23N8O+. The second-order valence-electron chi connectivity index (χ2n) is 7.45. The van der Waals surface area contributed by atoms with Crippen LogP contribution >= 0.6 is 0 Å². The number of aryl methyl sites for hydroxylation is 1. The number of nitrogens with zero attached hydrogens (tertiary/aromatic N) is 4. The van der Waals surface area contributed by atoms with Gasteiger partial charge in [-0.15, -0.1) is 0 Å². The summed E-state index contributed by atoms with van der Waals surface area (Å²) in [7, 11) is 1.62. The van der Waals surface area contributed by atoms with Crippen LogP contribution in [0.3, 0.4) is 0 Å². The molecule has 4 N–H and O–H groups in total. The van der Waals surface area contributed by atoms with Crippen molar-refractivity contribution < 1.29 is 9.72 Å². The van der Waals surface area contributed by atoms with Gasteiger partial charge in [0.05, 0.1) is 19.5 Å². The highest BCUT2D eigenvalue weighted by molar-refractivity contribution is 5.91. The second-order valence-corrected chi connectivity index (χ2v) is 7.45. The van der Waals surface area contributed by atoms with E-state index in [1.54, 1.807) is 13.4 Å². The van der Waals surface area contributed by atoms with Crippen molar-refractivity contribution in [3.05, 3.63) is 78.6 Å². The smallest absolute Gasteiger partial charge is 0.365 e. The molecule has 5 rings (SSSR count). The summed E-state index contributed by atoms with van der Waals surface area (Å²) < 4.78 is 5.21. The van der Waals surface area contributed by atoms with Crippen LogP contribution in [-0.4, -0.2) is 32.0 Å². The molecule has 1 aromatic carbocycles. The van der Waals surface area contributed by atoms with Crippen LogP contribution in [0.4, 0.5) is 17.2 Å². The maximum Gasteiger partial charge on any atom is 0.365 e. The number of aromatic amines is 2. The number of nitrogens with one attached hydrogen (secondary N) is 4. The predicted octanol–water partition coefficient (Wildman–Crippen LogP) is 3.90. The zero-order valence-electron chi connectivity index (χ0n) is 18.3. The number of H-pyrrole nitrogens is 2. The van der Waals surface area contributed by atoms with Gasteiger partial charge in [0, 0.05) is 24.0 Å². The zero-order chi connectivity index (χ0) is 22.6. The van der Waals surface area contributed by atoms with Gasteiger partial charge in [0.2, 0.25) is 0 Å². The lowest BCUT2D eigenvalue weighted by molar-refractivity contribution is -0.392. The summed E-state index contributed by atoms with van der Waals surface area (Å²) in [6.07, 6.45) is 5.31. The van der Waals surface area contributed by atoms with E-state index in [9.17, 15) is 0 Å². The lowest BCUT2D eigenvalue weighted by Crippen LogP contribution is -2.09. The highest BCUT2D eigenvalue weighted by Crippen LogP contribution is 2.32. The number of hydrogen-bond donors (Lipinski definition) is 3. The molecule has 0 aliphatic heterocycles. The van der Waals surface area contributed by atoms with E-state index in [4.69, 9.17) is 14.7 Å². The Morgan fingerprint density at radius 1 is 1.03 bits per heavy atom. The highest BCUT2D eigenvalue weighted by atomic mass is 16.5. The fraction of sp³-hybridized carbons (Fsp3) is 0.125. The minimum absolute atomic E-state index is 0.619. The Hall–Kier alpha value is -4.53. The minimum atomic E-state index is 0.619. The van der Waals surface area contributed by atoms with Crippen LogP contribution < -0.4 is 20.4 Å².